The number of anilines is 2. The van der Waals surface area contributed by atoms with E-state index in [1.54, 1.807) is 0 Å². The Bertz CT molecular complexity index is 762. The molecule has 26 heavy (non-hydrogen) atoms. The Morgan fingerprint density at radius 1 is 1.27 bits per heavy atom. The van der Waals surface area contributed by atoms with Crippen LogP contribution in [0.5, 0.6) is 0 Å². The zero-order chi connectivity index (χ0) is 18.5. The largest absolute Gasteiger partial charge is 0.352 e. The molecule has 1 aromatic carbocycles. The van der Waals surface area contributed by atoms with Gasteiger partial charge in [-0.1, -0.05) is 60.6 Å². The van der Waals surface area contributed by atoms with Gasteiger partial charge in [-0.25, -0.2) is 0 Å². The van der Waals surface area contributed by atoms with Crippen molar-refractivity contribution in [2.45, 2.75) is 56.8 Å². The van der Waals surface area contributed by atoms with Crippen molar-refractivity contribution < 1.29 is 4.79 Å². The number of rotatable bonds is 6. The van der Waals surface area contributed by atoms with Crippen LogP contribution in [0.2, 0.25) is 0 Å². The van der Waals surface area contributed by atoms with Gasteiger partial charge in [-0.15, -0.1) is 10.2 Å². The van der Waals surface area contributed by atoms with E-state index in [1.165, 1.54) is 53.5 Å². The number of carbonyl (C=O) groups excluding carboxylic acids is 1. The van der Waals surface area contributed by atoms with E-state index >= 15 is 0 Å². The number of carbonyl (C=O) groups is 1. The topological polar surface area (TPSA) is 66.9 Å². The molecular formula is C19H26N4OS2. The van der Waals surface area contributed by atoms with Crippen LogP contribution in [-0.4, -0.2) is 27.9 Å². The standard InChI is InChI=1S/C19H26N4OS2/c1-12-8-9-16(14(3)10-12)21-18-22-23-19(26-18)25-11-17(24)20-15-7-5-4-6-13(15)2/h8-10,13,15H,4-7,11H2,1-3H3,(H,20,24)(H,21,22)/t13-,15+/m1/s1. The lowest BCUT2D eigenvalue weighted by atomic mass is 9.86. The monoisotopic (exact) mass is 390 g/mol. The molecule has 1 saturated carbocycles. The molecule has 2 aromatic rings. The van der Waals surface area contributed by atoms with E-state index in [0.717, 1.165) is 21.6 Å². The van der Waals surface area contributed by atoms with Gasteiger partial charge in [0.2, 0.25) is 11.0 Å². The summed E-state index contributed by atoms with van der Waals surface area (Å²) in [5.74, 6) is 1.06. The zero-order valence-corrected chi connectivity index (χ0v) is 17.2. The number of nitrogens with one attached hydrogen (secondary N) is 2. The minimum Gasteiger partial charge on any atom is -0.352 e. The van der Waals surface area contributed by atoms with Crippen LogP contribution in [0.25, 0.3) is 0 Å². The highest BCUT2D eigenvalue weighted by molar-refractivity contribution is 8.01. The number of amides is 1. The number of benzene rings is 1. The maximum atomic E-state index is 12.2. The Labute approximate surface area is 163 Å². The van der Waals surface area contributed by atoms with Crippen molar-refractivity contribution in [2.24, 2.45) is 5.92 Å². The highest BCUT2D eigenvalue weighted by Gasteiger charge is 2.22. The lowest BCUT2D eigenvalue weighted by Crippen LogP contribution is -2.41. The van der Waals surface area contributed by atoms with E-state index in [2.05, 4.69) is 59.8 Å². The molecule has 140 valence electrons. The van der Waals surface area contributed by atoms with E-state index in [0.29, 0.717) is 17.7 Å². The quantitative estimate of drug-likeness (QED) is 0.701. The highest BCUT2D eigenvalue weighted by Crippen LogP contribution is 2.29. The second kappa shape index (κ2) is 8.86. The van der Waals surface area contributed by atoms with Gasteiger partial charge in [0, 0.05) is 11.7 Å². The molecular weight excluding hydrogens is 364 g/mol. The van der Waals surface area contributed by atoms with Gasteiger partial charge in [0.15, 0.2) is 4.34 Å². The summed E-state index contributed by atoms with van der Waals surface area (Å²) in [6, 6.07) is 6.59. The minimum atomic E-state index is 0.0906. The molecule has 7 heteroatoms. The van der Waals surface area contributed by atoms with Crippen LogP contribution >= 0.6 is 23.1 Å². The normalized spacial score (nSPS) is 20.0. The summed E-state index contributed by atoms with van der Waals surface area (Å²) < 4.78 is 0.809. The van der Waals surface area contributed by atoms with Crippen LogP contribution in [0.1, 0.15) is 43.7 Å². The van der Waals surface area contributed by atoms with Crippen LogP contribution in [-0.2, 0) is 4.79 Å². The molecule has 0 bridgehead atoms. The maximum absolute atomic E-state index is 12.2. The molecule has 1 aliphatic carbocycles. The third-order valence-electron chi connectivity index (χ3n) is 4.81. The molecule has 0 saturated heterocycles. The predicted octanol–water partition coefficient (Wildman–Crippen LogP) is 4.69. The molecule has 1 heterocycles. The van der Waals surface area contributed by atoms with Gasteiger partial charge in [-0.05, 0) is 44.2 Å². The van der Waals surface area contributed by atoms with Crippen LogP contribution in [0.15, 0.2) is 22.5 Å². The van der Waals surface area contributed by atoms with E-state index in [-0.39, 0.29) is 5.91 Å². The van der Waals surface area contributed by atoms with Crippen LogP contribution in [0.4, 0.5) is 10.8 Å². The number of thioether (sulfide) groups is 1. The second-order valence-electron chi connectivity index (χ2n) is 7.04. The lowest BCUT2D eigenvalue weighted by Gasteiger charge is -2.29. The Morgan fingerprint density at radius 2 is 2.08 bits per heavy atom. The third kappa shape index (κ3) is 5.20. The van der Waals surface area contributed by atoms with Gasteiger partial charge in [-0.2, -0.15) is 0 Å². The fourth-order valence-electron chi connectivity index (χ4n) is 3.29. The molecule has 0 spiro atoms. The van der Waals surface area contributed by atoms with Gasteiger partial charge in [0.05, 0.1) is 5.75 Å². The van der Waals surface area contributed by atoms with Crippen molar-refractivity contribution in [1.29, 1.82) is 0 Å². The number of hydrogen-bond acceptors (Lipinski definition) is 6. The first-order valence-electron chi connectivity index (χ1n) is 9.11. The second-order valence-corrected chi connectivity index (χ2v) is 9.24. The van der Waals surface area contributed by atoms with Crippen LogP contribution in [0.3, 0.4) is 0 Å². The number of nitrogens with zero attached hydrogens (tertiary/aromatic N) is 2. The van der Waals surface area contributed by atoms with E-state index in [4.69, 9.17) is 0 Å². The molecule has 2 atom stereocenters. The fraction of sp³-hybridized carbons (Fsp3) is 0.526. The molecule has 2 N–H and O–H groups in total. The fourth-order valence-corrected chi connectivity index (χ4v) is 4.87. The summed E-state index contributed by atoms with van der Waals surface area (Å²) in [6.07, 6.45) is 4.80. The highest BCUT2D eigenvalue weighted by atomic mass is 32.2. The molecule has 1 fully saturated rings. The molecule has 0 aliphatic heterocycles. The van der Waals surface area contributed by atoms with Crippen LogP contribution in [0, 0.1) is 19.8 Å². The van der Waals surface area contributed by atoms with Gasteiger partial charge in [-0.3, -0.25) is 4.79 Å². The average molecular weight is 391 g/mol. The summed E-state index contributed by atoms with van der Waals surface area (Å²) in [7, 11) is 0. The first-order valence-corrected chi connectivity index (χ1v) is 10.9. The van der Waals surface area contributed by atoms with E-state index < -0.39 is 0 Å². The van der Waals surface area contributed by atoms with Crippen molar-refractivity contribution in [3.63, 3.8) is 0 Å². The molecule has 1 aliphatic rings. The lowest BCUT2D eigenvalue weighted by molar-refractivity contribution is -0.119. The Morgan fingerprint density at radius 3 is 2.85 bits per heavy atom. The van der Waals surface area contributed by atoms with Crippen LogP contribution < -0.4 is 10.6 Å². The summed E-state index contributed by atoms with van der Waals surface area (Å²) in [4.78, 5) is 12.2. The number of aromatic nitrogens is 2. The third-order valence-corrected chi connectivity index (χ3v) is 6.79. The zero-order valence-electron chi connectivity index (χ0n) is 15.5. The van der Waals surface area contributed by atoms with Crippen molar-refractivity contribution in [3.05, 3.63) is 29.3 Å². The molecule has 1 amide bonds. The first-order chi connectivity index (χ1) is 12.5. The van der Waals surface area contributed by atoms with Gasteiger partial charge < -0.3 is 10.6 Å². The van der Waals surface area contributed by atoms with Crippen molar-refractivity contribution >= 4 is 39.8 Å². The summed E-state index contributed by atoms with van der Waals surface area (Å²) in [5, 5.41) is 15.6. The Kier molecular flexibility index (Phi) is 6.53. The van der Waals surface area contributed by atoms with Gasteiger partial charge in [0.25, 0.3) is 0 Å². The SMILES string of the molecule is Cc1ccc(Nc2nnc(SCC(=O)N[C@H]3CCCC[C@H]3C)s2)c(C)c1. The molecule has 5 nitrogen and oxygen atoms in total. The number of hydrogen-bond donors (Lipinski definition) is 2. The number of aryl methyl sites for hydroxylation is 2. The Hall–Kier alpha value is -1.60. The van der Waals surface area contributed by atoms with Crippen molar-refractivity contribution in [3.8, 4) is 0 Å². The molecule has 0 unspecified atom stereocenters. The maximum Gasteiger partial charge on any atom is 0.230 e. The van der Waals surface area contributed by atoms with Crippen molar-refractivity contribution in [1.82, 2.24) is 15.5 Å². The van der Waals surface area contributed by atoms with Gasteiger partial charge >= 0.3 is 0 Å². The minimum absolute atomic E-state index is 0.0906. The summed E-state index contributed by atoms with van der Waals surface area (Å²) in [6.45, 7) is 6.38. The average Bonchev–Trinajstić information content (AvgIpc) is 3.05. The van der Waals surface area contributed by atoms with Crippen molar-refractivity contribution in [2.75, 3.05) is 11.1 Å². The smallest absolute Gasteiger partial charge is 0.230 e. The van der Waals surface area contributed by atoms with Gasteiger partial charge in [0.1, 0.15) is 0 Å². The molecule has 3 rings (SSSR count). The molecule has 1 aromatic heterocycles. The molecule has 0 radical (unpaired) electrons. The summed E-state index contributed by atoms with van der Waals surface area (Å²) >= 11 is 2.93. The Balaban J connectivity index is 1.49. The first kappa shape index (κ1) is 19.2. The van der Waals surface area contributed by atoms with E-state index in [9.17, 15) is 4.79 Å². The predicted molar refractivity (Wildman–Crippen MR) is 109 cm³/mol. The summed E-state index contributed by atoms with van der Waals surface area (Å²) in [5.41, 5.74) is 3.45. The van der Waals surface area contributed by atoms with E-state index in [1.807, 2.05) is 0 Å².